The van der Waals surface area contributed by atoms with Crippen LogP contribution in [0.15, 0.2) is 24.8 Å². The first-order valence-corrected chi connectivity index (χ1v) is 3.69. The molecule has 0 aliphatic rings. The third-order valence-corrected chi connectivity index (χ3v) is 1.64. The van der Waals surface area contributed by atoms with Crippen LogP contribution >= 0.6 is 0 Å². The first-order valence-electron chi connectivity index (χ1n) is 3.69. The van der Waals surface area contributed by atoms with Crippen molar-refractivity contribution in [2.75, 3.05) is 7.11 Å². The summed E-state index contributed by atoms with van der Waals surface area (Å²) in [6.07, 6.45) is 1.35. The van der Waals surface area contributed by atoms with Crippen LogP contribution in [0.25, 0.3) is 6.08 Å². The van der Waals surface area contributed by atoms with Crippen LogP contribution in [-0.2, 0) is 4.74 Å². The first-order chi connectivity index (χ1) is 6.19. The Kier molecular flexibility index (Phi) is 2.80. The summed E-state index contributed by atoms with van der Waals surface area (Å²) in [7, 11) is 1.28. The van der Waals surface area contributed by atoms with E-state index >= 15 is 0 Å². The molecule has 0 aromatic heterocycles. The van der Waals surface area contributed by atoms with Gasteiger partial charge in [-0.2, -0.15) is 0 Å². The van der Waals surface area contributed by atoms with Gasteiger partial charge in [-0.25, -0.2) is 9.18 Å². The second-order valence-electron chi connectivity index (χ2n) is 2.43. The third-order valence-electron chi connectivity index (χ3n) is 1.64. The number of halogens is 1. The molecule has 0 bridgehead atoms. The van der Waals surface area contributed by atoms with Crippen LogP contribution in [0, 0.1) is 5.82 Å². The van der Waals surface area contributed by atoms with Crippen molar-refractivity contribution in [1.82, 2.24) is 0 Å². The Morgan fingerprint density at radius 1 is 1.62 bits per heavy atom. The standard InChI is InChI=1S/C10H9FO2/c1-3-7-6-8(10(12)13-2)4-5-9(7)11/h3-6H,1H2,2H3. The maximum absolute atomic E-state index is 12.9. The van der Waals surface area contributed by atoms with Crippen LogP contribution in [0.1, 0.15) is 15.9 Å². The minimum atomic E-state index is -0.483. The van der Waals surface area contributed by atoms with Crippen LogP contribution in [0.2, 0.25) is 0 Å². The monoisotopic (exact) mass is 180 g/mol. The molecule has 0 heterocycles. The molecule has 0 radical (unpaired) electrons. The fraction of sp³-hybridized carbons (Fsp3) is 0.100. The minimum absolute atomic E-state index is 0.294. The van der Waals surface area contributed by atoms with E-state index in [-0.39, 0.29) is 0 Å². The maximum Gasteiger partial charge on any atom is 0.337 e. The van der Waals surface area contributed by atoms with Gasteiger partial charge in [-0.1, -0.05) is 12.7 Å². The summed E-state index contributed by atoms with van der Waals surface area (Å²) < 4.78 is 17.4. The number of esters is 1. The van der Waals surface area contributed by atoms with Gasteiger partial charge in [0.25, 0.3) is 0 Å². The second kappa shape index (κ2) is 3.85. The molecule has 1 aromatic carbocycles. The van der Waals surface area contributed by atoms with Crippen molar-refractivity contribution < 1.29 is 13.9 Å². The summed E-state index contributed by atoms with van der Waals surface area (Å²) in [5.41, 5.74) is 0.613. The van der Waals surface area contributed by atoms with E-state index in [2.05, 4.69) is 11.3 Å². The molecule has 1 aromatic rings. The number of carbonyl (C=O) groups excluding carboxylic acids is 1. The molecule has 0 aliphatic carbocycles. The normalized spacial score (nSPS) is 9.38. The molecule has 68 valence electrons. The van der Waals surface area contributed by atoms with Gasteiger partial charge in [0, 0.05) is 5.56 Å². The molecule has 1 rings (SSSR count). The summed E-state index contributed by atoms with van der Waals surface area (Å²) in [6, 6.07) is 3.98. The number of carbonyl (C=O) groups is 1. The molecule has 0 fully saturated rings. The van der Waals surface area contributed by atoms with E-state index in [1.807, 2.05) is 0 Å². The number of methoxy groups -OCH3 is 1. The van der Waals surface area contributed by atoms with Crippen LogP contribution in [0.3, 0.4) is 0 Å². The zero-order valence-corrected chi connectivity index (χ0v) is 7.21. The number of rotatable bonds is 2. The van der Waals surface area contributed by atoms with Gasteiger partial charge in [0.05, 0.1) is 12.7 Å². The van der Waals surface area contributed by atoms with Gasteiger partial charge in [-0.15, -0.1) is 0 Å². The Hall–Kier alpha value is -1.64. The summed E-state index contributed by atoms with van der Waals surface area (Å²) in [4.78, 5) is 11.0. The van der Waals surface area contributed by atoms with Crippen molar-refractivity contribution in [3.63, 3.8) is 0 Å². The number of hydrogen-bond donors (Lipinski definition) is 0. The van der Waals surface area contributed by atoms with E-state index in [0.717, 1.165) is 0 Å². The molecular weight excluding hydrogens is 171 g/mol. The summed E-state index contributed by atoms with van der Waals surface area (Å²) in [6.45, 7) is 3.43. The lowest BCUT2D eigenvalue weighted by Crippen LogP contribution is -2.01. The zero-order valence-electron chi connectivity index (χ0n) is 7.21. The Labute approximate surface area is 75.6 Å². The zero-order chi connectivity index (χ0) is 9.84. The fourth-order valence-electron chi connectivity index (χ4n) is 0.945. The van der Waals surface area contributed by atoms with Gasteiger partial charge < -0.3 is 4.74 Å². The lowest BCUT2D eigenvalue weighted by atomic mass is 10.1. The second-order valence-corrected chi connectivity index (χ2v) is 2.43. The van der Waals surface area contributed by atoms with Crippen LogP contribution in [0.4, 0.5) is 4.39 Å². The molecule has 0 saturated carbocycles. The number of ether oxygens (including phenoxy) is 1. The maximum atomic E-state index is 12.9. The molecule has 13 heavy (non-hydrogen) atoms. The Bertz CT molecular complexity index is 345. The van der Waals surface area contributed by atoms with Gasteiger partial charge in [0.15, 0.2) is 0 Å². The fourth-order valence-corrected chi connectivity index (χ4v) is 0.945. The first kappa shape index (κ1) is 9.45. The van der Waals surface area contributed by atoms with Crippen LogP contribution in [0.5, 0.6) is 0 Å². The Morgan fingerprint density at radius 2 is 2.31 bits per heavy atom. The van der Waals surface area contributed by atoms with Crippen molar-refractivity contribution in [1.29, 1.82) is 0 Å². The lowest BCUT2D eigenvalue weighted by Gasteiger charge is -2.01. The highest BCUT2D eigenvalue weighted by molar-refractivity contribution is 5.89. The number of benzene rings is 1. The van der Waals surface area contributed by atoms with E-state index in [1.165, 1.54) is 31.4 Å². The summed E-state index contributed by atoms with van der Waals surface area (Å²) in [5, 5.41) is 0. The molecule has 0 saturated heterocycles. The largest absolute Gasteiger partial charge is 0.465 e. The molecule has 0 spiro atoms. The SMILES string of the molecule is C=Cc1cc(C(=O)OC)ccc1F. The van der Waals surface area contributed by atoms with Gasteiger partial charge in [0.2, 0.25) is 0 Å². The van der Waals surface area contributed by atoms with Crippen molar-refractivity contribution in [2.45, 2.75) is 0 Å². The average Bonchev–Trinajstić information content (AvgIpc) is 2.17. The molecule has 0 N–H and O–H groups in total. The average molecular weight is 180 g/mol. The van der Waals surface area contributed by atoms with Gasteiger partial charge in [0.1, 0.15) is 5.82 Å². The van der Waals surface area contributed by atoms with E-state index < -0.39 is 11.8 Å². The summed E-state index contributed by atoms with van der Waals surface area (Å²) in [5.74, 6) is -0.884. The smallest absolute Gasteiger partial charge is 0.337 e. The lowest BCUT2D eigenvalue weighted by molar-refractivity contribution is 0.0600. The van der Waals surface area contributed by atoms with Crippen molar-refractivity contribution in [2.24, 2.45) is 0 Å². The van der Waals surface area contributed by atoms with E-state index in [4.69, 9.17) is 0 Å². The van der Waals surface area contributed by atoms with Crippen molar-refractivity contribution >= 4 is 12.0 Å². The molecule has 0 atom stereocenters. The van der Waals surface area contributed by atoms with Gasteiger partial charge >= 0.3 is 5.97 Å². The van der Waals surface area contributed by atoms with Crippen LogP contribution < -0.4 is 0 Å². The molecule has 0 unspecified atom stereocenters. The molecule has 0 amide bonds. The topological polar surface area (TPSA) is 26.3 Å². The Balaban J connectivity index is 3.13. The minimum Gasteiger partial charge on any atom is -0.465 e. The molecule has 0 aliphatic heterocycles. The molecular formula is C10H9FO2. The van der Waals surface area contributed by atoms with Gasteiger partial charge in [-0.3, -0.25) is 0 Å². The predicted octanol–water partition coefficient (Wildman–Crippen LogP) is 2.26. The summed E-state index contributed by atoms with van der Waals surface area (Å²) >= 11 is 0. The predicted molar refractivity (Wildman–Crippen MR) is 47.8 cm³/mol. The van der Waals surface area contributed by atoms with E-state index in [9.17, 15) is 9.18 Å². The van der Waals surface area contributed by atoms with Gasteiger partial charge in [-0.05, 0) is 18.2 Å². The Morgan fingerprint density at radius 3 is 2.85 bits per heavy atom. The highest BCUT2D eigenvalue weighted by Gasteiger charge is 2.07. The molecule has 3 heteroatoms. The van der Waals surface area contributed by atoms with Crippen LogP contribution in [-0.4, -0.2) is 13.1 Å². The van der Waals surface area contributed by atoms with Crippen molar-refractivity contribution in [3.8, 4) is 0 Å². The van der Waals surface area contributed by atoms with Crippen molar-refractivity contribution in [3.05, 3.63) is 41.7 Å². The highest BCUT2D eigenvalue weighted by atomic mass is 19.1. The highest BCUT2D eigenvalue weighted by Crippen LogP contribution is 2.12. The molecule has 2 nitrogen and oxygen atoms in total. The van der Waals surface area contributed by atoms with E-state index in [0.29, 0.717) is 11.1 Å². The third kappa shape index (κ3) is 1.93. The number of hydrogen-bond acceptors (Lipinski definition) is 2. The van der Waals surface area contributed by atoms with E-state index in [1.54, 1.807) is 0 Å². The quantitative estimate of drug-likeness (QED) is 0.652.